The van der Waals surface area contributed by atoms with Gasteiger partial charge in [-0.05, 0) is 25.0 Å². The van der Waals surface area contributed by atoms with Gasteiger partial charge in [-0.25, -0.2) is 4.79 Å². The van der Waals surface area contributed by atoms with Crippen LogP contribution in [0.15, 0.2) is 18.2 Å². The third-order valence-corrected chi connectivity index (χ3v) is 5.48. The van der Waals surface area contributed by atoms with Crippen molar-refractivity contribution in [1.82, 2.24) is 10.2 Å². The van der Waals surface area contributed by atoms with E-state index in [-0.39, 0.29) is 6.03 Å². The molecule has 1 saturated carbocycles. The van der Waals surface area contributed by atoms with Crippen LogP contribution in [0.1, 0.15) is 38.5 Å². The number of urea groups is 1. The maximum atomic E-state index is 12.6. The molecule has 0 spiro atoms. The highest BCUT2D eigenvalue weighted by molar-refractivity contribution is 5.75. The summed E-state index contributed by atoms with van der Waals surface area (Å²) in [6.45, 7) is 3.07. The van der Waals surface area contributed by atoms with Gasteiger partial charge in [-0.3, -0.25) is 0 Å². The van der Waals surface area contributed by atoms with Crippen LogP contribution >= 0.6 is 0 Å². The van der Waals surface area contributed by atoms with E-state index in [9.17, 15) is 4.79 Å². The molecule has 144 valence electrons. The molecule has 0 atom stereocenters. The molecule has 6 heteroatoms. The molecule has 1 aromatic rings. The summed E-state index contributed by atoms with van der Waals surface area (Å²) in [5.74, 6) is 1.59. The zero-order chi connectivity index (χ0) is 18.4. The second-order valence-electron chi connectivity index (χ2n) is 7.15. The van der Waals surface area contributed by atoms with Crippen molar-refractivity contribution in [3.8, 4) is 11.5 Å². The van der Waals surface area contributed by atoms with Crippen LogP contribution in [0.25, 0.3) is 0 Å². The number of ether oxygens (including phenoxy) is 2. The summed E-state index contributed by atoms with van der Waals surface area (Å²) in [4.78, 5) is 16.8. The molecule has 0 bridgehead atoms. The second-order valence-corrected chi connectivity index (χ2v) is 7.15. The van der Waals surface area contributed by atoms with E-state index in [0.717, 1.165) is 56.2 Å². The first-order chi connectivity index (χ1) is 12.7. The Kier molecular flexibility index (Phi) is 6.47. The van der Waals surface area contributed by atoms with Crippen molar-refractivity contribution in [2.75, 3.05) is 45.3 Å². The molecule has 2 aliphatic rings. The smallest absolute Gasteiger partial charge is 0.317 e. The van der Waals surface area contributed by atoms with E-state index < -0.39 is 0 Å². The Bertz CT molecular complexity index is 592. The Balaban J connectivity index is 1.54. The van der Waals surface area contributed by atoms with Crippen LogP contribution in [0.3, 0.4) is 0 Å². The fourth-order valence-corrected chi connectivity index (χ4v) is 3.89. The number of anilines is 1. The molecule has 0 unspecified atom stereocenters. The van der Waals surface area contributed by atoms with Crippen molar-refractivity contribution in [2.45, 2.75) is 44.6 Å². The van der Waals surface area contributed by atoms with E-state index in [0.29, 0.717) is 6.04 Å². The number of piperazine rings is 1. The molecule has 1 N–H and O–H groups in total. The monoisotopic (exact) mass is 361 g/mol. The van der Waals surface area contributed by atoms with Gasteiger partial charge in [-0.2, -0.15) is 0 Å². The Labute approximate surface area is 156 Å². The lowest BCUT2D eigenvalue weighted by Crippen LogP contribution is -2.53. The number of benzene rings is 1. The van der Waals surface area contributed by atoms with E-state index in [4.69, 9.17) is 9.47 Å². The fourth-order valence-electron chi connectivity index (χ4n) is 3.89. The molecule has 6 nitrogen and oxygen atoms in total. The quantitative estimate of drug-likeness (QED) is 0.837. The van der Waals surface area contributed by atoms with E-state index in [1.165, 1.54) is 25.7 Å². The average Bonchev–Trinajstić information content (AvgIpc) is 2.96. The molecular weight excluding hydrogens is 330 g/mol. The average molecular weight is 361 g/mol. The first-order valence-corrected chi connectivity index (χ1v) is 9.73. The third-order valence-electron chi connectivity index (χ3n) is 5.48. The molecule has 0 radical (unpaired) electrons. The van der Waals surface area contributed by atoms with Gasteiger partial charge in [0, 0.05) is 38.3 Å². The zero-order valence-electron chi connectivity index (χ0n) is 16.0. The number of carbonyl (C=O) groups excluding carboxylic acids is 1. The van der Waals surface area contributed by atoms with E-state index in [1.54, 1.807) is 14.2 Å². The SMILES string of the molecule is COc1ccc(N2CCN(C(=O)NC3CCCCCC3)CC2)c(OC)c1. The van der Waals surface area contributed by atoms with Crippen molar-refractivity contribution < 1.29 is 14.3 Å². The fraction of sp³-hybridized carbons (Fsp3) is 0.650. The number of rotatable bonds is 4. The predicted molar refractivity (Wildman–Crippen MR) is 103 cm³/mol. The van der Waals surface area contributed by atoms with E-state index >= 15 is 0 Å². The lowest BCUT2D eigenvalue weighted by molar-refractivity contribution is 0.189. The maximum Gasteiger partial charge on any atom is 0.317 e. The molecule has 1 aliphatic carbocycles. The van der Waals surface area contributed by atoms with Gasteiger partial charge in [0.15, 0.2) is 0 Å². The van der Waals surface area contributed by atoms with Gasteiger partial charge in [0.2, 0.25) is 0 Å². The van der Waals surface area contributed by atoms with Gasteiger partial charge in [-0.15, -0.1) is 0 Å². The van der Waals surface area contributed by atoms with Gasteiger partial charge in [0.1, 0.15) is 11.5 Å². The first-order valence-electron chi connectivity index (χ1n) is 9.73. The molecule has 1 aliphatic heterocycles. The largest absolute Gasteiger partial charge is 0.497 e. The van der Waals surface area contributed by atoms with Gasteiger partial charge >= 0.3 is 6.03 Å². The summed E-state index contributed by atoms with van der Waals surface area (Å²) in [5.41, 5.74) is 1.05. The highest BCUT2D eigenvalue weighted by Crippen LogP contribution is 2.32. The van der Waals surface area contributed by atoms with Crippen LogP contribution in [0.2, 0.25) is 0 Å². The predicted octanol–water partition coefficient (Wildman–Crippen LogP) is 3.26. The van der Waals surface area contributed by atoms with Crippen molar-refractivity contribution in [1.29, 1.82) is 0 Å². The number of amides is 2. The molecule has 3 rings (SSSR count). The van der Waals surface area contributed by atoms with Gasteiger partial charge in [0.25, 0.3) is 0 Å². The van der Waals surface area contributed by atoms with Crippen LogP contribution in [-0.2, 0) is 0 Å². The van der Waals surface area contributed by atoms with Gasteiger partial charge < -0.3 is 24.6 Å². The molecule has 1 heterocycles. The lowest BCUT2D eigenvalue weighted by Gasteiger charge is -2.37. The number of hydrogen-bond acceptors (Lipinski definition) is 4. The topological polar surface area (TPSA) is 54.0 Å². The minimum Gasteiger partial charge on any atom is -0.497 e. The molecule has 0 aromatic heterocycles. The summed E-state index contributed by atoms with van der Waals surface area (Å²) >= 11 is 0. The molecule has 2 amide bonds. The lowest BCUT2D eigenvalue weighted by atomic mass is 10.1. The van der Waals surface area contributed by atoms with Gasteiger partial charge in [-0.1, -0.05) is 25.7 Å². The first kappa shape index (κ1) is 18.7. The van der Waals surface area contributed by atoms with Crippen LogP contribution in [0.5, 0.6) is 11.5 Å². The Hall–Kier alpha value is -2.11. The normalized spacial score (nSPS) is 19.0. The number of methoxy groups -OCH3 is 2. The number of carbonyl (C=O) groups is 1. The van der Waals surface area contributed by atoms with E-state index in [1.807, 2.05) is 23.1 Å². The van der Waals surface area contributed by atoms with Gasteiger partial charge in [0.05, 0.1) is 19.9 Å². The van der Waals surface area contributed by atoms with Crippen molar-refractivity contribution in [3.63, 3.8) is 0 Å². The van der Waals surface area contributed by atoms with Crippen molar-refractivity contribution in [2.24, 2.45) is 0 Å². The molecular formula is C20H31N3O3. The Morgan fingerprint density at radius 2 is 1.69 bits per heavy atom. The molecule has 1 aromatic carbocycles. The van der Waals surface area contributed by atoms with Crippen molar-refractivity contribution in [3.05, 3.63) is 18.2 Å². The summed E-state index contributed by atoms with van der Waals surface area (Å²) in [6.07, 6.45) is 7.30. The van der Waals surface area contributed by atoms with Crippen LogP contribution < -0.4 is 19.7 Å². The highest BCUT2D eigenvalue weighted by atomic mass is 16.5. The molecule has 1 saturated heterocycles. The zero-order valence-corrected chi connectivity index (χ0v) is 16.0. The number of nitrogens with one attached hydrogen (secondary N) is 1. The Morgan fingerprint density at radius 1 is 1.00 bits per heavy atom. The van der Waals surface area contributed by atoms with Crippen LogP contribution in [0, 0.1) is 0 Å². The third kappa shape index (κ3) is 4.54. The number of hydrogen-bond donors (Lipinski definition) is 1. The molecule has 2 fully saturated rings. The minimum atomic E-state index is 0.0956. The van der Waals surface area contributed by atoms with Crippen LogP contribution in [-0.4, -0.2) is 57.4 Å². The molecule has 26 heavy (non-hydrogen) atoms. The summed E-state index contributed by atoms with van der Waals surface area (Å²) in [5, 5.41) is 3.25. The summed E-state index contributed by atoms with van der Waals surface area (Å²) in [6, 6.07) is 6.32. The standard InChI is InChI=1S/C20H31N3O3/c1-25-17-9-10-18(19(15-17)26-2)22-11-13-23(14-12-22)20(24)21-16-7-5-3-4-6-8-16/h9-10,15-16H,3-8,11-14H2,1-2H3,(H,21,24). The Morgan fingerprint density at radius 3 is 2.31 bits per heavy atom. The second kappa shape index (κ2) is 9.01. The minimum absolute atomic E-state index is 0.0956. The maximum absolute atomic E-state index is 12.6. The van der Waals surface area contributed by atoms with Crippen molar-refractivity contribution >= 4 is 11.7 Å². The summed E-state index contributed by atoms with van der Waals surface area (Å²) in [7, 11) is 3.33. The summed E-state index contributed by atoms with van der Waals surface area (Å²) < 4.78 is 10.8. The van der Waals surface area contributed by atoms with Crippen LogP contribution in [0.4, 0.5) is 10.5 Å². The highest BCUT2D eigenvalue weighted by Gasteiger charge is 2.25. The van der Waals surface area contributed by atoms with E-state index in [2.05, 4.69) is 10.2 Å². The number of nitrogens with zero attached hydrogens (tertiary/aromatic N) is 2.